The maximum Gasteiger partial charge on any atom is 0.326 e. The number of amides is 1. The Kier molecular flexibility index (Phi) is 8.09. The first kappa shape index (κ1) is 26.8. The van der Waals surface area contributed by atoms with E-state index in [9.17, 15) is 23.1 Å². The quantitative estimate of drug-likeness (QED) is 0.277. The summed E-state index contributed by atoms with van der Waals surface area (Å²) in [4.78, 5) is 24.7. The molecule has 3 N–H and O–H groups in total. The molecule has 9 heteroatoms. The molecule has 8 nitrogen and oxygen atoms in total. The van der Waals surface area contributed by atoms with Gasteiger partial charge in [0.1, 0.15) is 11.8 Å². The van der Waals surface area contributed by atoms with Gasteiger partial charge < -0.3 is 14.8 Å². The molecular formula is C29H28N2O6S. The van der Waals surface area contributed by atoms with E-state index in [1.807, 2.05) is 74.5 Å². The lowest BCUT2D eigenvalue weighted by molar-refractivity contribution is -0.139. The molecule has 0 bridgehead atoms. The summed E-state index contributed by atoms with van der Waals surface area (Å²) in [5.74, 6) is -1.79. The van der Waals surface area contributed by atoms with Crippen LogP contribution in [0.25, 0.3) is 11.1 Å². The molecule has 0 saturated heterocycles. The van der Waals surface area contributed by atoms with Crippen molar-refractivity contribution in [1.82, 2.24) is 10.0 Å². The number of benzene rings is 3. The molecule has 0 aliphatic heterocycles. The average molecular weight is 533 g/mol. The second kappa shape index (κ2) is 11.5. The van der Waals surface area contributed by atoms with Crippen molar-refractivity contribution < 1.29 is 27.5 Å². The van der Waals surface area contributed by atoms with Crippen LogP contribution in [0.4, 0.5) is 0 Å². The van der Waals surface area contributed by atoms with Crippen molar-refractivity contribution in [2.24, 2.45) is 0 Å². The fraction of sp³-hybridized carbons (Fsp3) is 0.172. The molecule has 1 atom stereocenters. The predicted octanol–water partition coefficient (Wildman–Crippen LogP) is 4.47. The molecular weight excluding hydrogens is 504 g/mol. The molecule has 38 heavy (non-hydrogen) atoms. The van der Waals surface area contributed by atoms with E-state index in [-0.39, 0.29) is 29.4 Å². The fourth-order valence-electron chi connectivity index (χ4n) is 4.06. The minimum Gasteiger partial charge on any atom is -0.480 e. The van der Waals surface area contributed by atoms with Gasteiger partial charge in [0.05, 0.1) is 11.4 Å². The van der Waals surface area contributed by atoms with Crippen LogP contribution in [0.2, 0.25) is 0 Å². The second-order valence-corrected chi connectivity index (χ2v) is 10.8. The Hall–Kier alpha value is -4.21. The summed E-state index contributed by atoms with van der Waals surface area (Å²) in [6, 6.07) is 23.9. The first-order chi connectivity index (χ1) is 18.1. The Labute approximate surface area is 221 Å². The Balaban J connectivity index is 1.37. The number of carboxylic acid groups (broad SMARTS) is 1. The highest BCUT2D eigenvalue weighted by Crippen LogP contribution is 2.20. The number of furan rings is 1. The number of rotatable bonds is 10. The first-order valence-electron chi connectivity index (χ1n) is 12.0. The lowest BCUT2D eigenvalue weighted by Gasteiger charge is -2.14. The molecule has 0 saturated carbocycles. The first-order valence-corrected chi connectivity index (χ1v) is 13.4. The Morgan fingerprint density at radius 1 is 0.868 bits per heavy atom. The normalized spacial score (nSPS) is 12.2. The van der Waals surface area contributed by atoms with Gasteiger partial charge in [-0.2, -0.15) is 0 Å². The number of hydrogen-bond donors (Lipinski definition) is 3. The number of carboxylic acids is 1. The van der Waals surface area contributed by atoms with Gasteiger partial charge >= 0.3 is 5.97 Å². The van der Waals surface area contributed by atoms with Gasteiger partial charge in [-0.25, -0.2) is 17.9 Å². The molecule has 0 unspecified atom stereocenters. The lowest BCUT2D eigenvalue weighted by atomic mass is 10.0. The summed E-state index contributed by atoms with van der Waals surface area (Å²) in [5, 5.41) is 12.1. The zero-order chi connectivity index (χ0) is 27.3. The molecule has 3 aromatic carbocycles. The van der Waals surface area contributed by atoms with Gasteiger partial charge in [0, 0.05) is 6.42 Å². The van der Waals surface area contributed by atoms with Gasteiger partial charge in [-0.15, -0.1) is 0 Å². The van der Waals surface area contributed by atoms with E-state index in [1.54, 1.807) is 12.1 Å². The van der Waals surface area contributed by atoms with Gasteiger partial charge in [0.15, 0.2) is 5.76 Å². The molecule has 1 amide bonds. The van der Waals surface area contributed by atoms with Crippen molar-refractivity contribution in [2.45, 2.75) is 37.8 Å². The van der Waals surface area contributed by atoms with Crippen LogP contribution in [0.1, 0.15) is 33.0 Å². The molecule has 4 rings (SSSR count). The van der Waals surface area contributed by atoms with E-state index in [0.29, 0.717) is 0 Å². The molecule has 1 heterocycles. The van der Waals surface area contributed by atoms with E-state index >= 15 is 0 Å². The van der Waals surface area contributed by atoms with E-state index in [4.69, 9.17) is 4.42 Å². The SMILES string of the molecule is Cc1cc(C)cc(S(=O)(=O)NCc2ccc(C(=O)N[C@@H](Cc3ccc(-c4ccccc4)cc3)C(=O)O)o2)c1. The van der Waals surface area contributed by atoms with Crippen LogP contribution >= 0.6 is 0 Å². The largest absolute Gasteiger partial charge is 0.480 e. The topological polar surface area (TPSA) is 126 Å². The smallest absolute Gasteiger partial charge is 0.326 e. The highest BCUT2D eigenvalue weighted by atomic mass is 32.2. The Morgan fingerprint density at radius 2 is 1.50 bits per heavy atom. The van der Waals surface area contributed by atoms with E-state index in [2.05, 4.69) is 10.0 Å². The number of carbonyl (C=O) groups excluding carboxylic acids is 1. The third-order valence-electron chi connectivity index (χ3n) is 5.93. The van der Waals surface area contributed by atoms with E-state index in [1.165, 1.54) is 12.1 Å². The Bertz CT molecular complexity index is 1520. The van der Waals surface area contributed by atoms with Crippen molar-refractivity contribution in [1.29, 1.82) is 0 Å². The third kappa shape index (κ3) is 6.76. The van der Waals surface area contributed by atoms with Crippen molar-refractivity contribution in [2.75, 3.05) is 0 Å². The van der Waals surface area contributed by atoms with Crippen LogP contribution in [0.5, 0.6) is 0 Å². The number of nitrogens with one attached hydrogen (secondary N) is 2. The maximum absolute atomic E-state index is 12.7. The van der Waals surface area contributed by atoms with Crippen molar-refractivity contribution in [3.63, 3.8) is 0 Å². The van der Waals surface area contributed by atoms with Gasteiger partial charge in [0.25, 0.3) is 5.91 Å². The molecule has 196 valence electrons. The maximum atomic E-state index is 12.7. The standard InChI is InChI=1S/C29H28N2O6S/c1-19-14-20(2)16-25(15-19)38(35,36)30-18-24-12-13-27(37-24)28(32)31-26(29(33)34)17-21-8-10-23(11-9-21)22-6-4-3-5-7-22/h3-16,26,30H,17-18H2,1-2H3,(H,31,32)(H,33,34)/t26-/m0/s1. The van der Waals surface area contributed by atoms with E-state index in [0.717, 1.165) is 27.8 Å². The van der Waals surface area contributed by atoms with E-state index < -0.39 is 27.9 Å². The average Bonchev–Trinajstić information content (AvgIpc) is 3.37. The van der Waals surface area contributed by atoms with Crippen molar-refractivity contribution >= 4 is 21.9 Å². The van der Waals surface area contributed by atoms with Crippen LogP contribution in [-0.4, -0.2) is 31.4 Å². The molecule has 0 radical (unpaired) electrons. The summed E-state index contributed by atoms with van der Waals surface area (Å²) >= 11 is 0. The number of sulfonamides is 1. The molecule has 0 spiro atoms. The molecule has 4 aromatic rings. The number of aryl methyl sites for hydroxylation is 2. The van der Waals surface area contributed by atoms with Gasteiger partial charge in [-0.1, -0.05) is 60.7 Å². The minimum atomic E-state index is -3.79. The summed E-state index contributed by atoms with van der Waals surface area (Å²) in [5.41, 5.74) is 4.44. The molecule has 0 fully saturated rings. The lowest BCUT2D eigenvalue weighted by Crippen LogP contribution is -2.42. The third-order valence-corrected chi connectivity index (χ3v) is 7.31. The van der Waals surface area contributed by atoms with Crippen LogP contribution < -0.4 is 10.0 Å². The number of carbonyl (C=O) groups is 2. The van der Waals surface area contributed by atoms with Crippen molar-refractivity contribution in [3.8, 4) is 11.1 Å². The van der Waals surface area contributed by atoms with Gasteiger partial charge in [0.2, 0.25) is 10.0 Å². The Morgan fingerprint density at radius 3 is 2.13 bits per heavy atom. The zero-order valence-electron chi connectivity index (χ0n) is 21.0. The van der Waals surface area contributed by atoms with Crippen LogP contribution in [0.15, 0.2) is 94.2 Å². The zero-order valence-corrected chi connectivity index (χ0v) is 21.8. The summed E-state index contributed by atoms with van der Waals surface area (Å²) in [7, 11) is -3.79. The van der Waals surface area contributed by atoms with Crippen molar-refractivity contribution in [3.05, 3.63) is 113 Å². The highest BCUT2D eigenvalue weighted by Gasteiger charge is 2.23. The van der Waals surface area contributed by atoms with Crippen LogP contribution in [-0.2, 0) is 27.8 Å². The number of hydrogen-bond acceptors (Lipinski definition) is 5. The van der Waals surface area contributed by atoms with Gasteiger partial charge in [-0.3, -0.25) is 4.79 Å². The summed E-state index contributed by atoms with van der Waals surface area (Å²) in [6.07, 6.45) is 0.0828. The molecule has 0 aliphatic rings. The minimum absolute atomic E-state index is 0.0828. The molecule has 1 aromatic heterocycles. The predicted molar refractivity (Wildman–Crippen MR) is 143 cm³/mol. The summed E-state index contributed by atoms with van der Waals surface area (Å²) < 4.78 is 33.2. The number of aliphatic carboxylic acids is 1. The molecule has 0 aliphatic carbocycles. The monoisotopic (exact) mass is 532 g/mol. The highest BCUT2D eigenvalue weighted by molar-refractivity contribution is 7.89. The summed E-state index contributed by atoms with van der Waals surface area (Å²) in [6.45, 7) is 3.46. The van der Waals surface area contributed by atoms with Crippen LogP contribution in [0, 0.1) is 13.8 Å². The second-order valence-electron chi connectivity index (χ2n) is 9.05. The fourth-order valence-corrected chi connectivity index (χ4v) is 5.24. The van der Waals surface area contributed by atoms with Crippen LogP contribution in [0.3, 0.4) is 0 Å². The van der Waals surface area contributed by atoms with Gasteiger partial charge in [-0.05, 0) is 65.9 Å².